The van der Waals surface area contributed by atoms with Crippen LogP contribution < -0.4 is 0 Å². The minimum absolute atomic E-state index is 0.121. The van der Waals surface area contributed by atoms with E-state index in [-0.39, 0.29) is 30.5 Å². The normalized spacial score (nSPS) is 29.6. The van der Waals surface area contributed by atoms with Gasteiger partial charge in [-0.3, -0.25) is 14.1 Å². The van der Waals surface area contributed by atoms with Crippen LogP contribution in [0.25, 0.3) is 0 Å². The number of hydrogen-bond donors (Lipinski definition) is 0. The summed E-state index contributed by atoms with van der Waals surface area (Å²) in [5, 5.41) is 0. The number of piperidine rings is 1. The number of esters is 1. The van der Waals surface area contributed by atoms with Crippen LogP contribution in [-0.4, -0.2) is 49.5 Å². The molecule has 4 atom stereocenters. The summed E-state index contributed by atoms with van der Waals surface area (Å²) >= 11 is 1.72. The van der Waals surface area contributed by atoms with Gasteiger partial charge in [0.05, 0.1) is 19.7 Å². The summed E-state index contributed by atoms with van der Waals surface area (Å²) in [6, 6.07) is 9.23. The van der Waals surface area contributed by atoms with E-state index in [9.17, 15) is 9.18 Å². The largest absolute Gasteiger partial charge is 0.469 e. The number of carbonyl (C=O) groups is 1. The highest BCUT2D eigenvalue weighted by Gasteiger charge is 2.50. The van der Waals surface area contributed by atoms with Crippen molar-refractivity contribution in [3.8, 4) is 0 Å². The monoisotopic (exact) mass is 351 g/mol. The number of nitrogens with zero attached hydrogens (tertiary/aromatic N) is 1. The van der Waals surface area contributed by atoms with Crippen LogP contribution in [-0.2, 0) is 9.53 Å². The maximum atomic E-state index is 12.6. The molecule has 2 fully saturated rings. The Labute approximate surface area is 147 Å². The Morgan fingerprint density at radius 1 is 1.33 bits per heavy atom. The Bertz CT molecular complexity index is 565. The van der Waals surface area contributed by atoms with Crippen molar-refractivity contribution in [1.29, 1.82) is 0 Å². The molecule has 0 saturated carbocycles. The van der Waals surface area contributed by atoms with Gasteiger partial charge in [-0.15, -0.1) is 11.8 Å². The summed E-state index contributed by atoms with van der Waals surface area (Å²) in [7, 11) is 1.48. The molecule has 1 aromatic carbocycles. The smallest absolute Gasteiger partial charge is 0.310 e. The van der Waals surface area contributed by atoms with Gasteiger partial charge in [-0.2, -0.15) is 0 Å². The molecule has 2 aliphatic rings. The summed E-state index contributed by atoms with van der Waals surface area (Å²) in [6.07, 6.45) is 5.69. The highest BCUT2D eigenvalue weighted by molar-refractivity contribution is 7.98. The first-order chi connectivity index (χ1) is 11.7. The zero-order valence-corrected chi connectivity index (χ0v) is 15.2. The van der Waals surface area contributed by atoms with Crippen LogP contribution >= 0.6 is 11.8 Å². The summed E-state index contributed by atoms with van der Waals surface area (Å²) in [5.41, 5.74) is 1.23. The molecule has 0 radical (unpaired) electrons. The number of alkyl halides is 1. The van der Waals surface area contributed by atoms with E-state index in [4.69, 9.17) is 4.74 Å². The van der Waals surface area contributed by atoms with Gasteiger partial charge in [0, 0.05) is 29.4 Å². The van der Waals surface area contributed by atoms with Gasteiger partial charge in [-0.25, -0.2) is 0 Å². The minimum Gasteiger partial charge on any atom is -0.469 e. The first-order valence-electron chi connectivity index (χ1n) is 8.73. The molecule has 0 spiro atoms. The molecule has 0 amide bonds. The quantitative estimate of drug-likeness (QED) is 0.575. The molecule has 3 nitrogen and oxygen atoms in total. The summed E-state index contributed by atoms with van der Waals surface area (Å²) < 4.78 is 17.8. The zero-order chi connectivity index (χ0) is 17.1. The number of methoxy groups -OCH3 is 1. The van der Waals surface area contributed by atoms with E-state index in [2.05, 4.69) is 35.4 Å². The molecule has 2 heterocycles. The highest BCUT2D eigenvalue weighted by atomic mass is 32.2. The predicted octanol–water partition coefficient (Wildman–Crippen LogP) is 3.88. The van der Waals surface area contributed by atoms with E-state index in [1.54, 1.807) is 11.8 Å². The van der Waals surface area contributed by atoms with Crippen molar-refractivity contribution >= 4 is 17.7 Å². The van der Waals surface area contributed by atoms with E-state index >= 15 is 0 Å². The van der Waals surface area contributed by atoms with Crippen LogP contribution in [0.2, 0.25) is 0 Å². The summed E-state index contributed by atoms with van der Waals surface area (Å²) in [5.74, 6) is -0.0643. The first kappa shape index (κ1) is 17.7. The number of hydrogen-bond acceptors (Lipinski definition) is 4. The van der Waals surface area contributed by atoms with Crippen molar-refractivity contribution in [2.24, 2.45) is 5.92 Å². The number of ether oxygens (including phenoxy) is 1. The predicted molar refractivity (Wildman–Crippen MR) is 95.2 cm³/mol. The number of carbonyl (C=O) groups excluding carboxylic acids is 1. The van der Waals surface area contributed by atoms with Gasteiger partial charge in [-0.05, 0) is 49.6 Å². The number of fused-ring (bicyclic) bond motifs is 2. The van der Waals surface area contributed by atoms with E-state index in [0.717, 1.165) is 25.8 Å². The third-order valence-electron chi connectivity index (χ3n) is 5.63. The molecule has 3 rings (SSSR count). The molecule has 132 valence electrons. The maximum Gasteiger partial charge on any atom is 0.310 e. The third-order valence-corrected chi connectivity index (χ3v) is 6.38. The average Bonchev–Trinajstić information content (AvgIpc) is 2.90. The van der Waals surface area contributed by atoms with Crippen LogP contribution in [0.3, 0.4) is 0 Å². The second-order valence-corrected chi connectivity index (χ2v) is 7.62. The standard InChI is InChI=1S/C19H26FNO2S/c1-23-19(22)18-16(13-4-7-15(24-2)8-5-13)12-14-6-9-17(18)21(14)11-3-10-20/h4-5,7-8,14,16-18H,3,6,9-12H2,1-2H3/t14?,16-,17?,18+/m1/s1. The molecule has 5 heteroatoms. The van der Waals surface area contributed by atoms with Gasteiger partial charge in [0.2, 0.25) is 0 Å². The van der Waals surface area contributed by atoms with Gasteiger partial charge in [-0.1, -0.05) is 12.1 Å². The zero-order valence-electron chi connectivity index (χ0n) is 14.4. The maximum absolute atomic E-state index is 12.6. The lowest BCUT2D eigenvalue weighted by molar-refractivity contribution is -0.150. The van der Waals surface area contributed by atoms with Crippen LogP contribution in [0.15, 0.2) is 29.2 Å². The van der Waals surface area contributed by atoms with E-state index in [0.29, 0.717) is 12.5 Å². The fourth-order valence-corrected chi connectivity index (χ4v) is 4.96. The van der Waals surface area contributed by atoms with Crippen molar-refractivity contribution in [3.63, 3.8) is 0 Å². The molecule has 2 saturated heterocycles. The molecule has 0 aromatic heterocycles. The van der Waals surface area contributed by atoms with E-state index < -0.39 is 0 Å². The fourth-order valence-electron chi connectivity index (χ4n) is 4.56. The lowest BCUT2D eigenvalue weighted by atomic mass is 9.76. The van der Waals surface area contributed by atoms with Gasteiger partial charge >= 0.3 is 5.97 Å². The number of halogens is 1. The van der Waals surface area contributed by atoms with Crippen LogP contribution in [0, 0.1) is 5.92 Å². The fraction of sp³-hybridized carbons (Fsp3) is 0.632. The van der Waals surface area contributed by atoms with Crippen molar-refractivity contribution < 1.29 is 13.9 Å². The molecule has 2 bridgehead atoms. The Kier molecular flexibility index (Phi) is 5.82. The molecule has 0 aliphatic carbocycles. The number of thioether (sulfide) groups is 1. The lowest BCUT2D eigenvalue weighted by Gasteiger charge is -2.43. The van der Waals surface area contributed by atoms with Gasteiger partial charge in [0.1, 0.15) is 0 Å². The van der Waals surface area contributed by atoms with Crippen LogP contribution in [0.4, 0.5) is 4.39 Å². The van der Waals surface area contributed by atoms with Gasteiger partial charge in [0.15, 0.2) is 0 Å². The van der Waals surface area contributed by atoms with Gasteiger partial charge < -0.3 is 4.74 Å². The first-order valence-corrected chi connectivity index (χ1v) is 9.95. The average molecular weight is 351 g/mol. The molecule has 0 N–H and O–H groups in total. The lowest BCUT2D eigenvalue weighted by Crippen LogP contribution is -2.51. The van der Waals surface area contributed by atoms with Crippen LogP contribution in [0.1, 0.15) is 37.2 Å². The molecule has 24 heavy (non-hydrogen) atoms. The van der Waals surface area contributed by atoms with Gasteiger partial charge in [0.25, 0.3) is 0 Å². The molecule has 2 aliphatic heterocycles. The van der Waals surface area contributed by atoms with Crippen LogP contribution in [0.5, 0.6) is 0 Å². The minimum atomic E-state index is -0.293. The highest BCUT2D eigenvalue weighted by Crippen LogP contribution is 2.47. The van der Waals surface area contributed by atoms with Crippen molar-refractivity contribution in [2.45, 2.75) is 48.6 Å². The molecular formula is C19H26FNO2S. The molecule has 1 aromatic rings. The van der Waals surface area contributed by atoms with Crippen molar-refractivity contribution in [1.82, 2.24) is 4.90 Å². The SMILES string of the molecule is COC(=O)[C@@H]1C2CCC(C[C@@H]1c1ccc(SC)cc1)N2CCCF. The Morgan fingerprint density at radius 3 is 2.71 bits per heavy atom. The molecular weight excluding hydrogens is 325 g/mol. The number of rotatable bonds is 6. The molecule has 2 unspecified atom stereocenters. The van der Waals surface area contributed by atoms with E-state index in [1.807, 2.05) is 0 Å². The van der Waals surface area contributed by atoms with E-state index in [1.165, 1.54) is 17.6 Å². The van der Waals surface area contributed by atoms with Crippen molar-refractivity contribution in [2.75, 3.05) is 26.6 Å². The second-order valence-electron chi connectivity index (χ2n) is 6.74. The number of benzene rings is 1. The third kappa shape index (κ3) is 3.33. The Hall–Kier alpha value is -1.07. The Balaban J connectivity index is 1.87. The van der Waals surface area contributed by atoms with Crippen molar-refractivity contribution in [3.05, 3.63) is 29.8 Å². The summed E-state index contributed by atoms with van der Waals surface area (Å²) in [4.78, 5) is 16.2. The Morgan fingerprint density at radius 2 is 2.08 bits per heavy atom. The summed E-state index contributed by atoms with van der Waals surface area (Å²) in [6.45, 7) is 0.454. The second kappa shape index (κ2) is 7.87. The topological polar surface area (TPSA) is 29.5 Å².